The molecule has 1 fully saturated rings. The Morgan fingerprint density at radius 1 is 1.19 bits per heavy atom. The topological polar surface area (TPSA) is 45.5 Å². The Hall–Kier alpha value is -1.57. The largest absolute Gasteiger partial charge is 0.357 e. The van der Waals surface area contributed by atoms with Crippen molar-refractivity contribution in [2.75, 3.05) is 19.6 Å². The third-order valence-electron chi connectivity index (χ3n) is 4.79. The number of likely N-dealkylation sites (tertiary alicyclic amines) is 1. The maximum absolute atomic E-state index is 4.81. The van der Waals surface area contributed by atoms with Gasteiger partial charge in [-0.3, -0.25) is 4.68 Å². The minimum atomic E-state index is 0. The third-order valence-corrected chi connectivity index (χ3v) is 4.79. The van der Waals surface area contributed by atoms with E-state index in [1.54, 1.807) is 0 Å². The second kappa shape index (κ2) is 10.5. The molecule has 5 nitrogen and oxygen atoms in total. The highest BCUT2D eigenvalue weighted by molar-refractivity contribution is 14.0. The molecule has 1 aromatic carbocycles. The number of nitrogens with one attached hydrogen (secondary N) is 1. The number of aryl methyl sites for hydroxylation is 1. The number of benzene rings is 1. The zero-order valence-corrected chi connectivity index (χ0v) is 18.1. The van der Waals surface area contributed by atoms with Gasteiger partial charge in [0.2, 0.25) is 0 Å². The van der Waals surface area contributed by atoms with Crippen LogP contribution in [-0.2, 0) is 20.0 Å². The summed E-state index contributed by atoms with van der Waals surface area (Å²) in [5, 5.41) is 7.66. The molecule has 1 saturated heterocycles. The van der Waals surface area contributed by atoms with Crippen molar-refractivity contribution in [2.45, 2.75) is 32.7 Å². The predicted octanol–water partition coefficient (Wildman–Crippen LogP) is 3.46. The van der Waals surface area contributed by atoms with Gasteiger partial charge >= 0.3 is 0 Å². The summed E-state index contributed by atoms with van der Waals surface area (Å²) < 4.78 is 1.83. The summed E-state index contributed by atoms with van der Waals surface area (Å²) in [5.41, 5.74) is 2.61. The molecule has 0 bridgehead atoms. The molecule has 0 saturated carbocycles. The molecule has 3 rings (SSSR count). The summed E-state index contributed by atoms with van der Waals surface area (Å²) in [4.78, 5) is 7.21. The van der Waals surface area contributed by atoms with Gasteiger partial charge in [-0.2, -0.15) is 5.10 Å². The van der Waals surface area contributed by atoms with Crippen LogP contribution < -0.4 is 5.32 Å². The van der Waals surface area contributed by atoms with Crippen LogP contribution in [0.4, 0.5) is 0 Å². The molecule has 0 amide bonds. The molecule has 0 aliphatic carbocycles. The van der Waals surface area contributed by atoms with E-state index < -0.39 is 0 Å². The average Bonchev–Trinajstić information content (AvgIpc) is 3.06. The molecule has 1 N–H and O–H groups in total. The van der Waals surface area contributed by atoms with E-state index in [9.17, 15) is 0 Å². The molecule has 6 heteroatoms. The van der Waals surface area contributed by atoms with Gasteiger partial charge in [-0.25, -0.2) is 4.99 Å². The van der Waals surface area contributed by atoms with Crippen molar-refractivity contribution in [1.82, 2.24) is 20.0 Å². The fourth-order valence-corrected chi connectivity index (χ4v) is 3.44. The van der Waals surface area contributed by atoms with E-state index in [2.05, 4.69) is 52.6 Å². The van der Waals surface area contributed by atoms with Crippen LogP contribution in [0.25, 0.3) is 0 Å². The Bertz CT molecular complexity index is 675. The average molecular weight is 467 g/mol. The highest BCUT2D eigenvalue weighted by Crippen LogP contribution is 2.21. The van der Waals surface area contributed by atoms with E-state index >= 15 is 0 Å². The molecular weight excluding hydrogens is 437 g/mol. The summed E-state index contributed by atoms with van der Waals surface area (Å²) in [6, 6.07) is 10.8. The molecule has 0 atom stereocenters. The number of hydrogen-bond acceptors (Lipinski definition) is 2. The Labute approximate surface area is 173 Å². The van der Waals surface area contributed by atoms with Crippen LogP contribution in [0.1, 0.15) is 30.9 Å². The summed E-state index contributed by atoms with van der Waals surface area (Å²) in [6.07, 6.45) is 7.56. The number of rotatable bonds is 5. The number of aromatic nitrogens is 2. The van der Waals surface area contributed by atoms with Crippen LogP contribution in [0.2, 0.25) is 0 Å². The second-order valence-electron chi connectivity index (χ2n) is 6.81. The lowest BCUT2D eigenvalue weighted by molar-refractivity contribution is 0.259. The van der Waals surface area contributed by atoms with Crippen molar-refractivity contribution in [3.05, 3.63) is 53.9 Å². The van der Waals surface area contributed by atoms with Crippen molar-refractivity contribution in [3.8, 4) is 0 Å². The first-order valence-electron chi connectivity index (χ1n) is 9.29. The summed E-state index contributed by atoms with van der Waals surface area (Å²) >= 11 is 0. The molecule has 2 heterocycles. The summed E-state index contributed by atoms with van der Waals surface area (Å²) in [7, 11) is 1.94. The van der Waals surface area contributed by atoms with E-state index in [0.717, 1.165) is 37.1 Å². The minimum absolute atomic E-state index is 0. The predicted molar refractivity (Wildman–Crippen MR) is 118 cm³/mol. The Morgan fingerprint density at radius 3 is 2.54 bits per heavy atom. The zero-order valence-electron chi connectivity index (χ0n) is 15.8. The van der Waals surface area contributed by atoms with E-state index in [-0.39, 0.29) is 24.0 Å². The van der Waals surface area contributed by atoms with Crippen LogP contribution >= 0.6 is 24.0 Å². The highest BCUT2D eigenvalue weighted by atomic mass is 127. The van der Waals surface area contributed by atoms with Gasteiger partial charge in [-0.05, 0) is 37.7 Å². The van der Waals surface area contributed by atoms with E-state index in [1.165, 1.54) is 24.8 Å². The van der Waals surface area contributed by atoms with Gasteiger partial charge in [0.15, 0.2) is 5.96 Å². The van der Waals surface area contributed by atoms with Crippen LogP contribution in [-0.4, -0.2) is 40.3 Å². The van der Waals surface area contributed by atoms with Crippen molar-refractivity contribution >= 4 is 29.9 Å². The van der Waals surface area contributed by atoms with E-state index in [1.807, 2.05) is 24.1 Å². The van der Waals surface area contributed by atoms with Crippen LogP contribution in [0.15, 0.2) is 47.7 Å². The molecule has 142 valence electrons. The summed E-state index contributed by atoms with van der Waals surface area (Å²) in [5.74, 6) is 1.81. The Morgan fingerprint density at radius 2 is 1.92 bits per heavy atom. The van der Waals surface area contributed by atoms with Gasteiger partial charge in [-0.1, -0.05) is 30.3 Å². The first kappa shape index (κ1) is 20.7. The normalized spacial score (nSPS) is 15.6. The summed E-state index contributed by atoms with van der Waals surface area (Å²) in [6.45, 7) is 5.87. The minimum Gasteiger partial charge on any atom is -0.357 e. The molecule has 2 aromatic rings. The van der Waals surface area contributed by atoms with Crippen LogP contribution in [0, 0.1) is 5.92 Å². The van der Waals surface area contributed by atoms with Gasteiger partial charge in [0.05, 0.1) is 12.7 Å². The van der Waals surface area contributed by atoms with Crippen molar-refractivity contribution < 1.29 is 0 Å². The van der Waals surface area contributed by atoms with Gasteiger partial charge in [0.25, 0.3) is 0 Å². The quantitative estimate of drug-likeness (QED) is 0.416. The van der Waals surface area contributed by atoms with Crippen molar-refractivity contribution in [2.24, 2.45) is 18.0 Å². The molecule has 0 radical (unpaired) electrons. The number of aliphatic imine (C=N–C) groups is 1. The van der Waals surface area contributed by atoms with Gasteiger partial charge < -0.3 is 10.2 Å². The monoisotopic (exact) mass is 467 g/mol. The molecule has 1 aliphatic rings. The smallest absolute Gasteiger partial charge is 0.194 e. The number of piperidine rings is 1. The molecule has 26 heavy (non-hydrogen) atoms. The number of nitrogens with zero attached hydrogens (tertiary/aromatic N) is 4. The maximum atomic E-state index is 4.81. The van der Waals surface area contributed by atoms with Crippen LogP contribution in [0.3, 0.4) is 0 Å². The molecule has 0 spiro atoms. The molecule has 1 aliphatic heterocycles. The Kier molecular flexibility index (Phi) is 8.41. The number of hydrogen-bond donors (Lipinski definition) is 1. The van der Waals surface area contributed by atoms with Gasteiger partial charge in [0.1, 0.15) is 0 Å². The fourth-order valence-electron chi connectivity index (χ4n) is 3.44. The van der Waals surface area contributed by atoms with Crippen molar-refractivity contribution in [1.29, 1.82) is 0 Å². The maximum Gasteiger partial charge on any atom is 0.194 e. The molecule has 0 unspecified atom stereocenters. The van der Waals surface area contributed by atoms with Crippen LogP contribution in [0.5, 0.6) is 0 Å². The lowest BCUT2D eigenvalue weighted by Crippen LogP contribution is -2.45. The molecule has 1 aromatic heterocycles. The van der Waals surface area contributed by atoms with Gasteiger partial charge in [-0.15, -0.1) is 24.0 Å². The third kappa shape index (κ3) is 6.00. The number of guanidine groups is 1. The van der Waals surface area contributed by atoms with Gasteiger partial charge in [0, 0.05) is 38.4 Å². The number of halogens is 1. The first-order chi connectivity index (χ1) is 12.2. The lowest BCUT2D eigenvalue weighted by atomic mass is 9.90. The molecular formula is C20H30IN5. The Balaban J connectivity index is 0.00000243. The first-order valence-corrected chi connectivity index (χ1v) is 9.29. The lowest BCUT2D eigenvalue weighted by Gasteiger charge is -2.34. The van der Waals surface area contributed by atoms with E-state index in [4.69, 9.17) is 4.99 Å². The highest BCUT2D eigenvalue weighted by Gasteiger charge is 2.21. The van der Waals surface area contributed by atoms with Crippen molar-refractivity contribution in [3.63, 3.8) is 0 Å². The zero-order chi connectivity index (χ0) is 17.5. The standard InChI is InChI=1S/C20H29N5.HI/c1-3-21-20(22-14-19-15-23-24(2)16-19)25-11-9-18(10-12-25)13-17-7-5-4-6-8-17;/h4-8,15-16,18H,3,9-14H2,1-2H3,(H,21,22);1H. The fraction of sp³-hybridized carbons (Fsp3) is 0.500. The SMILES string of the molecule is CCNC(=NCc1cnn(C)c1)N1CCC(Cc2ccccc2)CC1.I. The second-order valence-corrected chi connectivity index (χ2v) is 6.81. The van der Waals surface area contributed by atoms with E-state index in [0.29, 0.717) is 6.54 Å².